The van der Waals surface area contributed by atoms with Gasteiger partial charge < -0.3 is 5.73 Å². The predicted molar refractivity (Wildman–Crippen MR) is 39.9 cm³/mol. The van der Waals surface area contributed by atoms with Gasteiger partial charge in [-0.05, 0) is 6.42 Å². The van der Waals surface area contributed by atoms with Gasteiger partial charge in [-0.1, -0.05) is 0 Å². The van der Waals surface area contributed by atoms with E-state index in [-0.39, 0.29) is 12.7 Å². The molecule has 0 spiro atoms. The monoisotopic (exact) mass is 164 g/mol. The van der Waals surface area contributed by atoms with Crippen molar-refractivity contribution in [2.24, 2.45) is 5.73 Å². The molecule has 1 saturated heterocycles. The predicted octanol–water partition coefficient (Wildman–Crippen LogP) is 0.327. The molecule has 66 valence electrons. The van der Waals surface area contributed by atoms with Gasteiger partial charge in [0, 0.05) is 25.7 Å². The van der Waals surface area contributed by atoms with Crippen LogP contribution in [0.3, 0.4) is 0 Å². The summed E-state index contributed by atoms with van der Waals surface area (Å²) in [6.45, 7) is 1.25. The number of alkyl halides is 2. The number of hydrogen-bond acceptors (Lipinski definition) is 2. The van der Waals surface area contributed by atoms with Crippen LogP contribution in [0.1, 0.15) is 6.42 Å². The molecule has 2 atom stereocenters. The van der Waals surface area contributed by atoms with Gasteiger partial charge in [-0.15, -0.1) is 0 Å². The molecule has 1 rings (SSSR count). The van der Waals surface area contributed by atoms with Crippen molar-refractivity contribution in [3.8, 4) is 0 Å². The molecule has 4 heteroatoms. The number of rotatable bonds is 3. The van der Waals surface area contributed by atoms with Gasteiger partial charge in [0.1, 0.15) is 6.17 Å². The average molecular weight is 164 g/mol. The number of halogens is 2. The van der Waals surface area contributed by atoms with Crippen LogP contribution in [-0.4, -0.2) is 43.4 Å². The minimum atomic E-state index is -0.922. The molecule has 0 aromatic carbocycles. The second kappa shape index (κ2) is 3.97. The zero-order valence-corrected chi connectivity index (χ0v) is 6.47. The van der Waals surface area contributed by atoms with E-state index in [1.165, 1.54) is 0 Å². The zero-order chi connectivity index (χ0) is 8.27. The summed E-state index contributed by atoms with van der Waals surface area (Å²) >= 11 is 0. The first-order valence-electron chi connectivity index (χ1n) is 3.92. The Morgan fingerprint density at radius 2 is 2.18 bits per heavy atom. The van der Waals surface area contributed by atoms with E-state index in [0.29, 0.717) is 26.1 Å². The highest BCUT2D eigenvalue weighted by Crippen LogP contribution is 2.11. The fraction of sp³-hybridized carbons (Fsp3) is 1.00. The van der Waals surface area contributed by atoms with E-state index in [0.717, 1.165) is 0 Å². The third kappa shape index (κ3) is 2.38. The number of likely N-dealkylation sites (tertiary alicyclic amines) is 1. The van der Waals surface area contributed by atoms with E-state index in [1.807, 2.05) is 4.90 Å². The highest BCUT2D eigenvalue weighted by molar-refractivity contribution is 4.86. The smallest absolute Gasteiger partial charge is 0.129 e. The molecule has 2 N–H and O–H groups in total. The molecule has 0 amide bonds. The second-order valence-corrected chi connectivity index (χ2v) is 2.98. The molecule has 0 aromatic heterocycles. The molecule has 1 fully saturated rings. The molecule has 1 unspecified atom stereocenters. The molecule has 2 nitrogen and oxygen atoms in total. The number of nitrogens with zero attached hydrogens (tertiary/aromatic N) is 1. The summed E-state index contributed by atoms with van der Waals surface area (Å²) < 4.78 is 24.4. The van der Waals surface area contributed by atoms with E-state index in [1.54, 1.807) is 0 Å². The molecule has 0 aromatic rings. The van der Waals surface area contributed by atoms with Crippen molar-refractivity contribution in [2.45, 2.75) is 18.6 Å². The molecular weight excluding hydrogens is 150 g/mol. The SMILES string of the molecule is NC1CN(CCCF)C[C@H]1F. The van der Waals surface area contributed by atoms with E-state index in [2.05, 4.69) is 0 Å². The zero-order valence-electron chi connectivity index (χ0n) is 6.47. The summed E-state index contributed by atoms with van der Waals surface area (Å²) in [5.74, 6) is 0. The van der Waals surface area contributed by atoms with Crippen molar-refractivity contribution in [3.05, 3.63) is 0 Å². The summed E-state index contributed by atoms with van der Waals surface area (Å²) in [4.78, 5) is 1.87. The topological polar surface area (TPSA) is 29.3 Å². The first kappa shape index (κ1) is 8.87. The average Bonchev–Trinajstić information content (AvgIpc) is 2.28. The van der Waals surface area contributed by atoms with Crippen LogP contribution in [0.25, 0.3) is 0 Å². The van der Waals surface area contributed by atoms with E-state index >= 15 is 0 Å². The molecule has 0 bridgehead atoms. The van der Waals surface area contributed by atoms with Gasteiger partial charge >= 0.3 is 0 Å². The van der Waals surface area contributed by atoms with Crippen molar-refractivity contribution in [2.75, 3.05) is 26.3 Å². The third-order valence-corrected chi connectivity index (χ3v) is 1.97. The third-order valence-electron chi connectivity index (χ3n) is 1.97. The fourth-order valence-corrected chi connectivity index (χ4v) is 1.34. The summed E-state index contributed by atoms with van der Waals surface area (Å²) in [7, 11) is 0. The Labute approximate surface area is 65.4 Å². The Balaban J connectivity index is 2.18. The largest absolute Gasteiger partial charge is 0.324 e. The lowest BCUT2D eigenvalue weighted by molar-refractivity contribution is 0.274. The Morgan fingerprint density at radius 3 is 2.64 bits per heavy atom. The Bertz CT molecular complexity index is 111. The molecule has 1 aliphatic rings. The minimum Gasteiger partial charge on any atom is -0.324 e. The van der Waals surface area contributed by atoms with Gasteiger partial charge in [-0.2, -0.15) is 0 Å². The van der Waals surface area contributed by atoms with Crippen LogP contribution in [0, 0.1) is 0 Å². The van der Waals surface area contributed by atoms with Crippen molar-refractivity contribution < 1.29 is 8.78 Å². The molecule has 1 heterocycles. The van der Waals surface area contributed by atoms with Gasteiger partial charge in [0.2, 0.25) is 0 Å². The summed E-state index contributed by atoms with van der Waals surface area (Å²) in [6, 6.07) is -0.366. The number of hydrogen-bond donors (Lipinski definition) is 1. The summed E-state index contributed by atoms with van der Waals surface area (Å²) in [5.41, 5.74) is 5.43. The van der Waals surface area contributed by atoms with Crippen molar-refractivity contribution in [1.82, 2.24) is 4.90 Å². The summed E-state index contributed by atoms with van der Waals surface area (Å²) in [6.07, 6.45) is -0.436. The first-order valence-corrected chi connectivity index (χ1v) is 3.92. The molecular formula is C7H14F2N2. The van der Waals surface area contributed by atoms with Gasteiger partial charge in [0.05, 0.1) is 6.67 Å². The fourth-order valence-electron chi connectivity index (χ4n) is 1.34. The van der Waals surface area contributed by atoms with Crippen LogP contribution < -0.4 is 5.73 Å². The maximum Gasteiger partial charge on any atom is 0.129 e. The minimum absolute atomic E-state index is 0.331. The molecule has 0 radical (unpaired) electrons. The Morgan fingerprint density at radius 1 is 1.45 bits per heavy atom. The molecule has 0 saturated carbocycles. The van der Waals surface area contributed by atoms with Crippen LogP contribution >= 0.6 is 0 Å². The van der Waals surface area contributed by atoms with E-state index < -0.39 is 6.17 Å². The van der Waals surface area contributed by atoms with Crippen LogP contribution in [0.5, 0.6) is 0 Å². The lowest BCUT2D eigenvalue weighted by atomic mass is 10.3. The second-order valence-electron chi connectivity index (χ2n) is 2.98. The van der Waals surface area contributed by atoms with Gasteiger partial charge in [0.25, 0.3) is 0 Å². The lowest BCUT2D eigenvalue weighted by Gasteiger charge is -2.12. The van der Waals surface area contributed by atoms with Crippen LogP contribution in [0.15, 0.2) is 0 Å². The number of nitrogens with two attached hydrogens (primary N) is 1. The molecule has 11 heavy (non-hydrogen) atoms. The quantitative estimate of drug-likeness (QED) is 0.651. The van der Waals surface area contributed by atoms with Gasteiger partial charge in [0.15, 0.2) is 0 Å². The van der Waals surface area contributed by atoms with Crippen molar-refractivity contribution in [3.63, 3.8) is 0 Å². The van der Waals surface area contributed by atoms with Gasteiger partial charge in [-0.3, -0.25) is 9.29 Å². The van der Waals surface area contributed by atoms with Crippen molar-refractivity contribution >= 4 is 0 Å². The lowest BCUT2D eigenvalue weighted by Crippen LogP contribution is -2.30. The van der Waals surface area contributed by atoms with E-state index in [4.69, 9.17) is 5.73 Å². The van der Waals surface area contributed by atoms with Crippen LogP contribution in [-0.2, 0) is 0 Å². The highest BCUT2D eigenvalue weighted by atomic mass is 19.1. The Hall–Kier alpha value is -0.220. The maximum atomic E-state index is 12.7. The normalized spacial score (nSPS) is 33.0. The highest BCUT2D eigenvalue weighted by Gasteiger charge is 2.28. The summed E-state index contributed by atoms with van der Waals surface area (Å²) in [5, 5.41) is 0. The maximum absolute atomic E-state index is 12.7. The Kier molecular flexibility index (Phi) is 3.20. The van der Waals surface area contributed by atoms with Gasteiger partial charge in [-0.25, -0.2) is 4.39 Å². The van der Waals surface area contributed by atoms with E-state index in [9.17, 15) is 8.78 Å². The van der Waals surface area contributed by atoms with Crippen LogP contribution in [0.4, 0.5) is 8.78 Å². The standard InChI is InChI=1S/C7H14F2N2/c8-2-1-3-11-4-6(9)7(10)5-11/h6-7H,1-5,10H2/t6-,7?/m1/s1. The molecule has 0 aliphatic carbocycles. The first-order chi connectivity index (χ1) is 5.24. The van der Waals surface area contributed by atoms with Crippen LogP contribution in [0.2, 0.25) is 0 Å². The molecule has 1 aliphatic heterocycles. The van der Waals surface area contributed by atoms with Crippen molar-refractivity contribution in [1.29, 1.82) is 0 Å².